The summed E-state index contributed by atoms with van der Waals surface area (Å²) in [5, 5.41) is 6.46. The van der Waals surface area contributed by atoms with Gasteiger partial charge >= 0.3 is 18.3 Å². The minimum Gasteiger partial charge on any atom is -0.317 e. The third-order valence-corrected chi connectivity index (χ3v) is 7.21. The lowest BCUT2D eigenvalue weighted by molar-refractivity contribution is 0.500. The standard InChI is InChI=1S/C12H28N2O6S4/c15-23(16,17)21-11-5-9-13-7-3-1-2-4-8-14-10-6-12-22-24(18,19)20/h13-14H,1-12H2,(H,15,16,17)(H,18,19,20). The Morgan fingerprint density at radius 2 is 0.917 bits per heavy atom. The van der Waals surface area contributed by atoms with Crippen molar-refractivity contribution in [1.29, 1.82) is 0 Å². The molecular weight excluding hydrogens is 396 g/mol. The first-order valence-corrected chi connectivity index (χ1v) is 13.7. The number of hydrogen-bond acceptors (Lipinski definition) is 8. The van der Waals surface area contributed by atoms with Crippen molar-refractivity contribution in [2.45, 2.75) is 38.5 Å². The molecule has 8 nitrogen and oxygen atoms in total. The van der Waals surface area contributed by atoms with Crippen molar-refractivity contribution in [2.24, 2.45) is 0 Å². The highest BCUT2D eigenvalue weighted by Gasteiger charge is 2.04. The normalized spacial score (nSPS) is 12.6. The Balaban J connectivity index is 3.13. The number of unbranched alkanes of at least 4 members (excludes halogenated alkanes) is 3. The SMILES string of the molecule is O=S(=O)(O)SCCCNCCCCCCNCCCSS(=O)(=O)O. The van der Waals surface area contributed by atoms with Crippen LogP contribution in [0.1, 0.15) is 38.5 Å². The van der Waals surface area contributed by atoms with Crippen molar-refractivity contribution in [3.63, 3.8) is 0 Å². The smallest absolute Gasteiger partial charge is 0.317 e. The molecule has 0 aliphatic heterocycles. The summed E-state index contributed by atoms with van der Waals surface area (Å²) in [6.07, 6.45) is 5.77. The van der Waals surface area contributed by atoms with Gasteiger partial charge in [-0.05, 0) is 73.5 Å². The molecular formula is C12H28N2O6S4. The third-order valence-electron chi connectivity index (χ3n) is 2.92. The van der Waals surface area contributed by atoms with Crippen molar-refractivity contribution in [3.05, 3.63) is 0 Å². The van der Waals surface area contributed by atoms with E-state index in [0.717, 1.165) is 51.9 Å². The molecule has 0 radical (unpaired) electrons. The largest absolute Gasteiger partial charge is 0.319 e. The van der Waals surface area contributed by atoms with Crippen molar-refractivity contribution < 1.29 is 25.9 Å². The van der Waals surface area contributed by atoms with Crippen LogP contribution >= 0.6 is 21.6 Å². The Morgan fingerprint density at radius 1 is 0.583 bits per heavy atom. The van der Waals surface area contributed by atoms with Gasteiger partial charge in [0.05, 0.1) is 0 Å². The molecule has 0 amide bonds. The first-order valence-electron chi connectivity index (χ1n) is 7.86. The zero-order chi connectivity index (χ0) is 18.3. The van der Waals surface area contributed by atoms with E-state index in [1.165, 1.54) is 0 Å². The Bertz CT molecular complexity index is 452. The molecule has 12 heteroatoms. The van der Waals surface area contributed by atoms with Crippen LogP contribution in [0.15, 0.2) is 0 Å². The van der Waals surface area contributed by atoms with E-state index in [1.807, 2.05) is 0 Å². The quantitative estimate of drug-likeness (QED) is 0.155. The van der Waals surface area contributed by atoms with Crippen molar-refractivity contribution in [1.82, 2.24) is 10.6 Å². The van der Waals surface area contributed by atoms with Gasteiger partial charge in [-0.3, -0.25) is 9.11 Å². The molecule has 0 saturated heterocycles. The van der Waals surface area contributed by atoms with Gasteiger partial charge in [-0.25, -0.2) is 0 Å². The van der Waals surface area contributed by atoms with Crippen LogP contribution in [-0.4, -0.2) is 63.6 Å². The molecule has 0 fully saturated rings. The molecule has 0 aromatic heterocycles. The Hall–Kier alpha value is 0.440. The summed E-state index contributed by atoms with van der Waals surface area (Å²) in [6.45, 7) is 3.28. The van der Waals surface area contributed by atoms with E-state index in [-0.39, 0.29) is 0 Å². The van der Waals surface area contributed by atoms with Crippen molar-refractivity contribution >= 4 is 39.9 Å². The van der Waals surface area contributed by atoms with Crippen LogP contribution in [0, 0.1) is 0 Å². The van der Waals surface area contributed by atoms with Crippen LogP contribution in [0.25, 0.3) is 0 Å². The van der Waals surface area contributed by atoms with Gasteiger partial charge in [-0.2, -0.15) is 16.8 Å². The lowest BCUT2D eigenvalue weighted by atomic mass is 10.2. The predicted octanol–water partition coefficient (Wildman–Crippen LogP) is 1.58. The van der Waals surface area contributed by atoms with Crippen LogP contribution in [0.2, 0.25) is 0 Å². The summed E-state index contributed by atoms with van der Waals surface area (Å²) in [4.78, 5) is 0. The molecule has 24 heavy (non-hydrogen) atoms. The van der Waals surface area contributed by atoms with Crippen LogP contribution in [0.4, 0.5) is 0 Å². The molecule has 0 aliphatic carbocycles. The maximum Gasteiger partial charge on any atom is 0.319 e. The zero-order valence-corrected chi connectivity index (χ0v) is 16.9. The molecule has 146 valence electrons. The van der Waals surface area contributed by atoms with Gasteiger partial charge in [0.2, 0.25) is 0 Å². The number of hydrogen-bond donors (Lipinski definition) is 4. The Labute approximate surface area is 152 Å². The summed E-state index contributed by atoms with van der Waals surface area (Å²) >= 11 is 0. The minimum absolute atomic E-state index is 0.389. The molecule has 0 atom stereocenters. The van der Waals surface area contributed by atoms with Gasteiger partial charge in [0, 0.05) is 11.5 Å². The fraction of sp³-hybridized carbons (Fsp3) is 1.00. The summed E-state index contributed by atoms with van der Waals surface area (Å²) in [6, 6.07) is 0. The predicted molar refractivity (Wildman–Crippen MR) is 101 cm³/mol. The monoisotopic (exact) mass is 424 g/mol. The molecule has 0 aliphatic rings. The highest BCUT2D eigenvalue weighted by molar-refractivity contribution is 8.70. The zero-order valence-electron chi connectivity index (χ0n) is 13.6. The van der Waals surface area contributed by atoms with Gasteiger partial charge in [0.15, 0.2) is 0 Å². The molecule has 0 heterocycles. The lowest BCUT2D eigenvalue weighted by Gasteiger charge is -2.05. The molecule has 0 aromatic rings. The topological polar surface area (TPSA) is 133 Å². The second kappa shape index (κ2) is 14.6. The molecule has 0 spiro atoms. The average molecular weight is 425 g/mol. The number of nitrogens with one attached hydrogen (secondary N) is 2. The molecule has 4 N–H and O–H groups in total. The van der Waals surface area contributed by atoms with Gasteiger partial charge in [-0.15, -0.1) is 0 Å². The highest BCUT2D eigenvalue weighted by Crippen LogP contribution is 2.10. The third kappa shape index (κ3) is 22.4. The second-order valence-electron chi connectivity index (χ2n) is 5.12. The highest BCUT2D eigenvalue weighted by atomic mass is 33.2. The first kappa shape index (κ1) is 24.4. The van der Waals surface area contributed by atoms with E-state index < -0.39 is 18.3 Å². The Morgan fingerprint density at radius 3 is 1.25 bits per heavy atom. The molecule has 0 aromatic carbocycles. The van der Waals surface area contributed by atoms with E-state index in [9.17, 15) is 16.8 Å². The van der Waals surface area contributed by atoms with Gasteiger partial charge < -0.3 is 10.6 Å². The minimum atomic E-state index is -3.90. The summed E-state index contributed by atoms with van der Waals surface area (Å²) < 4.78 is 58.9. The maximum atomic E-state index is 10.5. The first-order chi connectivity index (χ1) is 11.2. The van der Waals surface area contributed by atoms with Crippen molar-refractivity contribution in [2.75, 3.05) is 37.7 Å². The molecule has 0 unspecified atom stereocenters. The van der Waals surface area contributed by atoms with Crippen molar-refractivity contribution in [3.8, 4) is 0 Å². The van der Waals surface area contributed by atoms with Crippen LogP contribution in [0.3, 0.4) is 0 Å². The van der Waals surface area contributed by atoms with Gasteiger partial charge in [0.25, 0.3) is 0 Å². The second-order valence-corrected chi connectivity index (χ2v) is 12.1. The Kier molecular flexibility index (Phi) is 14.9. The van der Waals surface area contributed by atoms with Crippen LogP contribution < -0.4 is 10.6 Å². The average Bonchev–Trinajstić information content (AvgIpc) is 2.44. The van der Waals surface area contributed by atoms with Crippen LogP contribution in [-0.2, 0) is 18.3 Å². The molecule has 0 bridgehead atoms. The fourth-order valence-electron chi connectivity index (χ4n) is 1.83. The van der Waals surface area contributed by atoms with E-state index in [2.05, 4.69) is 10.6 Å². The summed E-state index contributed by atoms with van der Waals surface area (Å²) in [5.41, 5.74) is 0. The number of rotatable bonds is 17. The summed E-state index contributed by atoms with van der Waals surface area (Å²) in [5.74, 6) is 0.778. The van der Waals surface area contributed by atoms with Gasteiger partial charge in [-0.1, -0.05) is 12.8 Å². The van der Waals surface area contributed by atoms with E-state index >= 15 is 0 Å². The lowest BCUT2D eigenvalue weighted by Crippen LogP contribution is -2.18. The fourth-order valence-corrected chi connectivity index (χ4v) is 4.74. The van der Waals surface area contributed by atoms with Gasteiger partial charge in [0.1, 0.15) is 0 Å². The molecule has 0 rings (SSSR count). The van der Waals surface area contributed by atoms with Crippen LogP contribution in [0.5, 0.6) is 0 Å². The maximum absolute atomic E-state index is 10.5. The van der Waals surface area contributed by atoms with E-state index in [1.54, 1.807) is 0 Å². The van der Waals surface area contributed by atoms with E-state index in [4.69, 9.17) is 9.11 Å². The molecule has 0 saturated carbocycles. The summed E-state index contributed by atoms with van der Waals surface area (Å²) in [7, 11) is -6.70. The van der Waals surface area contributed by atoms with E-state index in [0.29, 0.717) is 45.9 Å².